The molecule has 8 heteroatoms. The Morgan fingerprint density at radius 2 is 1.78 bits per heavy atom. The number of ether oxygens (including phenoxy) is 1. The number of aryl methyl sites for hydroxylation is 2. The summed E-state index contributed by atoms with van der Waals surface area (Å²) in [7, 11) is -3.95. The second-order valence-corrected chi connectivity index (χ2v) is 8.05. The van der Waals surface area contributed by atoms with E-state index in [4.69, 9.17) is 21.6 Å². The summed E-state index contributed by atoms with van der Waals surface area (Å²) in [6.45, 7) is 4.03. The van der Waals surface area contributed by atoms with Gasteiger partial charge >= 0.3 is 0 Å². The molecule has 0 saturated carbocycles. The van der Waals surface area contributed by atoms with Gasteiger partial charge in [-0.2, -0.15) is 5.26 Å². The van der Waals surface area contributed by atoms with Crippen LogP contribution in [0.4, 0.5) is 0 Å². The topological polar surface area (TPSA) is 96.3 Å². The first kappa shape index (κ1) is 20.7. The Labute approximate surface area is 163 Å². The number of amides is 1. The van der Waals surface area contributed by atoms with Crippen LogP contribution >= 0.6 is 11.6 Å². The molecule has 1 amide bonds. The quantitative estimate of drug-likeness (QED) is 0.710. The zero-order valence-corrected chi connectivity index (χ0v) is 16.5. The summed E-state index contributed by atoms with van der Waals surface area (Å²) in [5.41, 5.74) is 2.14. The molecule has 0 aliphatic heterocycles. The predicted molar refractivity (Wildman–Crippen MR) is 102 cm³/mol. The largest absolute Gasteiger partial charge is 0.494 e. The third kappa shape index (κ3) is 5.71. The second kappa shape index (κ2) is 8.89. The minimum absolute atomic E-state index is 0.00105. The summed E-state index contributed by atoms with van der Waals surface area (Å²) < 4.78 is 31.9. The molecule has 6 nitrogen and oxygen atoms in total. The van der Waals surface area contributed by atoms with Crippen molar-refractivity contribution in [3.63, 3.8) is 0 Å². The molecule has 0 saturated heterocycles. The zero-order chi connectivity index (χ0) is 20.0. The number of sulfonamides is 1. The van der Waals surface area contributed by atoms with Gasteiger partial charge < -0.3 is 4.74 Å². The van der Waals surface area contributed by atoms with E-state index in [2.05, 4.69) is 0 Å². The van der Waals surface area contributed by atoms with Gasteiger partial charge in [0.25, 0.3) is 10.0 Å². The fraction of sp³-hybridized carbons (Fsp3) is 0.263. The zero-order valence-electron chi connectivity index (χ0n) is 15.0. The van der Waals surface area contributed by atoms with Crippen LogP contribution in [0.5, 0.6) is 5.75 Å². The van der Waals surface area contributed by atoms with E-state index in [-0.39, 0.29) is 17.9 Å². The van der Waals surface area contributed by atoms with Gasteiger partial charge in [0.05, 0.1) is 23.1 Å². The number of carbonyl (C=O) groups is 1. The van der Waals surface area contributed by atoms with Crippen LogP contribution in [0.15, 0.2) is 41.3 Å². The fourth-order valence-corrected chi connectivity index (χ4v) is 3.50. The van der Waals surface area contributed by atoms with E-state index in [9.17, 15) is 13.2 Å². The Balaban J connectivity index is 1.84. The van der Waals surface area contributed by atoms with Crippen molar-refractivity contribution in [1.29, 1.82) is 5.26 Å². The first-order chi connectivity index (χ1) is 12.7. The molecule has 0 spiro atoms. The van der Waals surface area contributed by atoms with Crippen LogP contribution in [0.3, 0.4) is 0 Å². The molecule has 0 heterocycles. The molecule has 0 unspecified atom stereocenters. The van der Waals surface area contributed by atoms with E-state index in [1.165, 1.54) is 24.3 Å². The fourth-order valence-electron chi connectivity index (χ4n) is 2.38. The first-order valence-electron chi connectivity index (χ1n) is 8.18. The molecule has 2 aromatic rings. The SMILES string of the molecule is Cc1cc(OCCCC(=O)NS(=O)(=O)c2ccc(C#N)cc2)cc(C)c1Cl. The number of benzene rings is 2. The Morgan fingerprint density at radius 1 is 1.19 bits per heavy atom. The Kier molecular flexibility index (Phi) is 6.83. The number of rotatable bonds is 7. The monoisotopic (exact) mass is 406 g/mol. The third-order valence-corrected chi connectivity index (χ3v) is 5.75. The van der Waals surface area contributed by atoms with E-state index in [1.54, 1.807) is 0 Å². The Hall–Kier alpha value is -2.56. The van der Waals surface area contributed by atoms with E-state index in [1.807, 2.05) is 36.8 Å². The molecule has 27 heavy (non-hydrogen) atoms. The van der Waals surface area contributed by atoms with Crippen molar-refractivity contribution in [2.24, 2.45) is 0 Å². The molecule has 0 aliphatic rings. The third-order valence-electron chi connectivity index (χ3n) is 3.77. The van der Waals surface area contributed by atoms with Crippen LogP contribution in [-0.4, -0.2) is 20.9 Å². The average molecular weight is 407 g/mol. The number of nitrogens with zero attached hydrogens (tertiary/aromatic N) is 1. The van der Waals surface area contributed by atoms with Crippen LogP contribution in [0.25, 0.3) is 0 Å². The predicted octanol–water partition coefficient (Wildman–Crippen LogP) is 3.49. The van der Waals surface area contributed by atoms with Crippen LogP contribution < -0.4 is 9.46 Å². The van der Waals surface area contributed by atoms with Crippen LogP contribution in [-0.2, 0) is 14.8 Å². The summed E-state index contributed by atoms with van der Waals surface area (Å²) in [6, 6.07) is 10.8. The minimum atomic E-state index is -3.95. The lowest BCUT2D eigenvalue weighted by molar-refractivity contribution is -0.119. The molecule has 0 fully saturated rings. The molecule has 142 valence electrons. The van der Waals surface area contributed by atoms with Gasteiger partial charge in [0.1, 0.15) is 5.75 Å². The maximum Gasteiger partial charge on any atom is 0.264 e. The smallest absolute Gasteiger partial charge is 0.264 e. The highest BCUT2D eigenvalue weighted by Crippen LogP contribution is 2.25. The number of hydrogen-bond acceptors (Lipinski definition) is 5. The van der Waals surface area contributed by atoms with Crippen LogP contribution in [0, 0.1) is 25.2 Å². The van der Waals surface area contributed by atoms with Gasteiger partial charge in [-0.05, 0) is 67.8 Å². The van der Waals surface area contributed by atoms with Crippen molar-refractivity contribution < 1.29 is 17.9 Å². The van der Waals surface area contributed by atoms with E-state index < -0.39 is 15.9 Å². The number of nitriles is 1. The Morgan fingerprint density at radius 3 is 2.33 bits per heavy atom. The molecule has 0 atom stereocenters. The maximum absolute atomic E-state index is 12.1. The summed E-state index contributed by atoms with van der Waals surface area (Å²) in [6.07, 6.45) is 0.358. The first-order valence-corrected chi connectivity index (χ1v) is 10.0. The van der Waals surface area contributed by atoms with E-state index >= 15 is 0 Å². The summed E-state index contributed by atoms with van der Waals surface area (Å²) in [5.74, 6) is 0.0337. The van der Waals surface area contributed by atoms with Gasteiger partial charge in [-0.15, -0.1) is 0 Å². The molecule has 2 aromatic carbocycles. The highest BCUT2D eigenvalue weighted by atomic mass is 35.5. The molecular weight excluding hydrogens is 388 g/mol. The van der Waals surface area contributed by atoms with Crippen LogP contribution in [0.2, 0.25) is 5.02 Å². The molecule has 0 aromatic heterocycles. The number of hydrogen-bond donors (Lipinski definition) is 1. The Bertz CT molecular complexity index is 957. The molecule has 2 rings (SSSR count). The van der Waals surface area contributed by atoms with E-state index in [0.29, 0.717) is 22.8 Å². The van der Waals surface area contributed by atoms with Crippen molar-refractivity contribution in [3.05, 3.63) is 58.1 Å². The lowest BCUT2D eigenvalue weighted by atomic mass is 10.1. The van der Waals surface area contributed by atoms with Crippen molar-refractivity contribution in [2.45, 2.75) is 31.6 Å². The normalized spacial score (nSPS) is 10.9. The van der Waals surface area contributed by atoms with Gasteiger partial charge in [-0.1, -0.05) is 11.6 Å². The van der Waals surface area contributed by atoms with Gasteiger partial charge in [-0.25, -0.2) is 13.1 Å². The lowest BCUT2D eigenvalue weighted by Crippen LogP contribution is -2.30. The molecular formula is C19H19ClN2O4S. The lowest BCUT2D eigenvalue weighted by Gasteiger charge is -2.10. The molecule has 1 N–H and O–H groups in total. The van der Waals surface area contributed by atoms with Crippen molar-refractivity contribution in [2.75, 3.05) is 6.61 Å². The number of carbonyl (C=O) groups excluding carboxylic acids is 1. The van der Waals surface area contributed by atoms with Gasteiger partial charge in [0, 0.05) is 11.4 Å². The highest BCUT2D eigenvalue weighted by molar-refractivity contribution is 7.90. The summed E-state index contributed by atoms with van der Waals surface area (Å²) in [4.78, 5) is 11.8. The van der Waals surface area contributed by atoms with Crippen molar-refractivity contribution in [1.82, 2.24) is 4.72 Å². The molecule has 0 aliphatic carbocycles. The second-order valence-electron chi connectivity index (χ2n) is 5.99. The summed E-state index contributed by atoms with van der Waals surface area (Å²) in [5, 5.41) is 9.43. The van der Waals surface area contributed by atoms with Crippen LogP contribution in [0.1, 0.15) is 29.5 Å². The molecule has 0 radical (unpaired) electrons. The highest BCUT2D eigenvalue weighted by Gasteiger charge is 2.17. The summed E-state index contributed by atoms with van der Waals surface area (Å²) >= 11 is 6.10. The standard InChI is InChI=1S/C19H19ClN2O4S/c1-13-10-16(11-14(2)19(13)20)26-9-3-4-18(23)22-27(24,25)17-7-5-15(12-21)6-8-17/h5-8,10-11H,3-4,9H2,1-2H3,(H,22,23). The number of halogens is 1. The maximum atomic E-state index is 12.1. The van der Waals surface area contributed by atoms with Gasteiger partial charge in [0.2, 0.25) is 5.91 Å². The van der Waals surface area contributed by atoms with Crippen molar-refractivity contribution in [3.8, 4) is 11.8 Å². The van der Waals surface area contributed by atoms with E-state index in [0.717, 1.165) is 11.1 Å². The molecule has 0 bridgehead atoms. The average Bonchev–Trinajstić information content (AvgIpc) is 2.63. The van der Waals surface area contributed by atoms with Gasteiger partial charge in [-0.3, -0.25) is 4.79 Å². The van der Waals surface area contributed by atoms with Crippen molar-refractivity contribution >= 4 is 27.5 Å². The minimum Gasteiger partial charge on any atom is -0.494 e. The number of nitrogens with one attached hydrogen (secondary N) is 1. The van der Waals surface area contributed by atoms with Gasteiger partial charge in [0.15, 0.2) is 0 Å².